The summed E-state index contributed by atoms with van der Waals surface area (Å²) in [6.45, 7) is 4.82. The highest BCUT2D eigenvalue weighted by atomic mass is 16.5. The van der Waals surface area contributed by atoms with E-state index in [9.17, 15) is 9.90 Å². The van der Waals surface area contributed by atoms with Gasteiger partial charge >= 0.3 is 5.97 Å². The second kappa shape index (κ2) is 8.77. The van der Waals surface area contributed by atoms with Crippen LogP contribution >= 0.6 is 0 Å². The lowest BCUT2D eigenvalue weighted by Crippen LogP contribution is -2.25. The molecule has 7 nitrogen and oxygen atoms in total. The number of carbonyl (C=O) groups excluding carboxylic acids is 1. The zero-order valence-electron chi connectivity index (χ0n) is 15.5. The first kappa shape index (κ1) is 19.7. The first-order valence-electron chi connectivity index (χ1n) is 8.83. The number of rotatable bonds is 9. The maximum absolute atomic E-state index is 11.3. The number of carbonyl (C=O) groups is 1. The number of hydrogen-bond acceptors (Lipinski definition) is 7. The lowest BCUT2D eigenvalue weighted by atomic mass is 10.2. The van der Waals surface area contributed by atoms with Crippen LogP contribution in [0.4, 0.5) is 0 Å². The molecule has 2 heterocycles. The van der Waals surface area contributed by atoms with E-state index in [2.05, 4.69) is 6.58 Å². The molecule has 0 bridgehead atoms. The van der Waals surface area contributed by atoms with Gasteiger partial charge in [0, 0.05) is 23.4 Å². The number of aliphatic hydroxyl groups is 2. The van der Waals surface area contributed by atoms with Gasteiger partial charge in [0.15, 0.2) is 11.5 Å². The molecule has 0 fully saturated rings. The molecule has 0 aliphatic heterocycles. The molecule has 0 radical (unpaired) electrons. The fraction of sp³-hybridized carbons (Fsp3) is 0.286. The fourth-order valence-corrected chi connectivity index (χ4v) is 2.51. The summed E-state index contributed by atoms with van der Waals surface area (Å²) in [6.07, 6.45) is -0.512. The molecule has 7 heteroatoms. The van der Waals surface area contributed by atoms with Gasteiger partial charge < -0.3 is 28.5 Å². The Labute approximate surface area is 161 Å². The normalized spacial score (nSPS) is 12.1. The van der Waals surface area contributed by atoms with Gasteiger partial charge in [0.1, 0.15) is 36.4 Å². The van der Waals surface area contributed by atoms with Crippen molar-refractivity contribution in [1.29, 1.82) is 0 Å². The Bertz CT molecular complexity index is 966. The lowest BCUT2D eigenvalue weighted by Gasteiger charge is -2.12. The van der Waals surface area contributed by atoms with Crippen LogP contribution in [0.1, 0.15) is 12.7 Å². The highest BCUT2D eigenvalue weighted by Crippen LogP contribution is 2.31. The van der Waals surface area contributed by atoms with Crippen LogP contribution < -0.4 is 4.74 Å². The van der Waals surface area contributed by atoms with Crippen LogP contribution in [0.3, 0.4) is 0 Å². The van der Waals surface area contributed by atoms with Crippen molar-refractivity contribution in [1.82, 2.24) is 0 Å². The summed E-state index contributed by atoms with van der Waals surface area (Å²) in [6, 6.07) is 10.8. The molecule has 3 rings (SSSR count). The minimum Gasteiger partial charge on any atom is -0.491 e. The number of hydrogen-bond donors (Lipinski definition) is 2. The molecule has 3 aromatic rings. The summed E-state index contributed by atoms with van der Waals surface area (Å²) in [5, 5.41) is 19.7. The van der Waals surface area contributed by atoms with E-state index >= 15 is 0 Å². The SMILES string of the molecule is C=C(C)C(=O)OCC(O)COc1ccc2cc(-c3ccc(CCO)o3)oc2c1. The van der Waals surface area contributed by atoms with Gasteiger partial charge in [-0.05, 0) is 37.3 Å². The van der Waals surface area contributed by atoms with Crippen molar-refractivity contribution in [2.24, 2.45) is 0 Å². The van der Waals surface area contributed by atoms with Crippen LogP contribution in [0.5, 0.6) is 5.75 Å². The summed E-state index contributed by atoms with van der Waals surface area (Å²) in [5.74, 6) is 1.80. The standard InChI is InChI=1S/C21H22O7/c1-13(2)21(24)26-12-15(23)11-25-17-4-3-14-9-20(28-19(14)10-17)18-6-5-16(27-18)7-8-22/h3-6,9-10,15,22-23H,1,7-8,11-12H2,2H3. The van der Waals surface area contributed by atoms with Gasteiger partial charge in [0.05, 0.1) is 6.61 Å². The quantitative estimate of drug-likeness (QED) is 0.430. The largest absolute Gasteiger partial charge is 0.491 e. The highest BCUT2D eigenvalue weighted by Gasteiger charge is 2.13. The first-order valence-corrected chi connectivity index (χ1v) is 8.83. The summed E-state index contributed by atoms with van der Waals surface area (Å²) in [4.78, 5) is 11.3. The van der Waals surface area contributed by atoms with Gasteiger partial charge in [-0.1, -0.05) is 6.58 Å². The Morgan fingerprint density at radius 1 is 1.14 bits per heavy atom. The predicted molar refractivity (Wildman–Crippen MR) is 102 cm³/mol. The zero-order chi connectivity index (χ0) is 20.1. The summed E-state index contributed by atoms with van der Waals surface area (Å²) in [5.41, 5.74) is 0.878. The summed E-state index contributed by atoms with van der Waals surface area (Å²) in [7, 11) is 0. The van der Waals surface area contributed by atoms with Gasteiger partial charge in [-0.25, -0.2) is 4.79 Å². The fourth-order valence-electron chi connectivity index (χ4n) is 2.51. The molecular formula is C21H22O7. The van der Waals surface area contributed by atoms with E-state index in [1.165, 1.54) is 6.92 Å². The average Bonchev–Trinajstić information content (AvgIpc) is 3.30. The number of ether oxygens (including phenoxy) is 2. The molecule has 0 amide bonds. The molecule has 1 aromatic carbocycles. The Kier molecular flexibility index (Phi) is 6.18. The van der Waals surface area contributed by atoms with Crippen LogP contribution in [0.25, 0.3) is 22.5 Å². The minimum absolute atomic E-state index is 0.0199. The topological polar surface area (TPSA) is 102 Å². The summed E-state index contributed by atoms with van der Waals surface area (Å²) >= 11 is 0. The molecule has 2 N–H and O–H groups in total. The van der Waals surface area contributed by atoms with E-state index < -0.39 is 12.1 Å². The molecule has 148 valence electrons. The smallest absolute Gasteiger partial charge is 0.333 e. The number of benzene rings is 1. The second-order valence-electron chi connectivity index (χ2n) is 6.39. The first-order chi connectivity index (χ1) is 13.5. The van der Waals surface area contributed by atoms with Crippen LogP contribution in [0, 0.1) is 0 Å². The number of furan rings is 2. The lowest BCUT2D eigenvalue weighted by molar-refractivity contribution is -0.142. The molecule has 0 saturated carbocycles. The van der Waals surface area contributed by atoms with Crippen LogP contribution in [-0.2, 0) is 16.0 Å². The van der Waals surface area contributed by atoms with Gasteiger partial charge in [-0.2, -0.15) is 0 Å². The van der Waals surface area contributed by atoms with Gasteiger partial charge in [0.25, 0.3) is 0 Å². The van der Waals surface area contributed by atoms with Crippen molar-refractivity contribution in [2.45, 2.75) is 19.4 Å². The van der Waals surface area contributed by atoms with Crippen molar-refractivity contribution < 1.29 is 33.3 Å². The molecule has 1 atom stereocenters. The molecular weight excluding hydrogens is 364 g/mol. The number of esters is 1. The van der Waals surface area contributed by atoms with E-state index in [0.717, 1.165) is 5.39 Å². The van der Waals surface area contributed by atoms with E-state index in [1.54, 1.807) is 24.3 Å². The Morgan fingerprint density at radius 2 is 1.96 bits per heavy atom. The molecule has 0 spiro atoms. The highest BCUT2D eigenvalue weighted by molar-refractivity contribution is 5.87. The Balaban J connectivity index is 1.62. The maximum atomic E-state index is 11.3. The van der Waals surface area contributed by atoms with Gasteiger partial charge in [-0.3, -0.25) is 0 Å². The molecule has 0 aliphatic carbocycles. The number of fused-ring (bicyclic) bond motifs is 1. The maximum Gasteiger partial charge on any atom is 0.333 e. The second-order valence-corrected chi connectivity index (χ2v) is 6.39. The van der Waals surface area contributed by atoms with Crippen LogP contribution in [0.2, 0.25) is 0 Å². The average molecular weight is 386 g/mol. The van der Waals surface area contributed by atoms with Crippen molar-refractivity contribution in [3.63, 3.8) is 0 Å². The van der Waals surface area contributed by atoms with Crippen molar-refractivity contribution in [2.75, 3.05) is 19.8 Å². The van der Waals surface area contributed by atoms with E-state index in [4.69, 9.17) is 23.4 Å². The molecule has 2 aromatic heterocycles. The van der Waals surface area contributed by atoms with Crippen molar-refractivity contribution >= 4 is 16.9 Å². The third-order valence-corrected chi connectivity index (χ3v) is 3.95. The predicted octanol–water partition coefficient (Wildman–Crippen LogP) is 3.09. The Morgan fingerprint density at radius 3 is 2.71 bits per heavy atom. The van der Waals surface area contributed by atoms with E-state index in [0.29, 0.717) is 35.0 Å². The van der Waals surface area contributed by atoms with E-state index in [-0.39, 0.29) is 25.4 Å². The van der Waals surface area contributed by atoms with E-state index in [1.807, 2.05) is 12.1 Å². The van der Waals surface area contributed by atoms with Gasteiger partial charge in [-0.15, -0.1) is 0 Å². The van der Waals surface area contributed by atoms with Crippen molar-refractivity contribution in [3.05, 3.63) is 54.3 Å². The van der Waals surface area contributed by atoms with Crippen molar-refractivity contribution in [3.8, 4) is 17.3 Å². The van der Waals surface area contributed by atoms with Gasteiger partial charge in [0.2, 0.25) is 0 Å². The number of aliphatic hydroxyl groups excluding tert-OH is 2. The molecule has 0 aliphatic rings. The monoisotopic (exact) mass is 386 g/mol. The minimum atomic E-state index is -0.959. The van der Waals surface area contributed by atoms with Crippen LogP contribution in [-0.4, -0.2) is 42.1 Å². The Hall–Kier alpha value is -3.03. The third-order valence-electron chi connectivity index (χ3n) is 3.95. The molecule has 28 heavy (non-hydrogen) atoms. The summed E-state index contributed by atoms with van der Waals surface area (Å²) < 4.78 is 21.9. The third kappa shape index (κ3) is 4.82. The van der Waals surface area contributed by atoms with Crippen LogP contribution in [0.15, 0.2) is 57.4 Å². The zero-order valence-corrected chi connectivity index (χ0v) is 15.5. The molecule has 1 unspecified atom stereocenters. The molecule has 0 saturated heterocycles.